The van der Waals surface area contributed by atoms with Gasteiger partial charge in [0.05, 0.1) is 10.7 Å². The Morgan fingerprint density at radius 2 is 1.12 bits per heavy atom. The van der Waals surface area contributed by atoms with Gasteiger partial charge in [-0.05, 0) is 51.9 Å². The molecule has 0 aromatic carbocycles. The second-order valence-corrected chi connectivity index (χ2v) is 6.11. The third kappa shape index (κ3) is 3.36. The molecule has 2 fully saturated rings. The van der Waals surface area contributed by atoms with Crippen LogP contribution in [-0.4, -0.2) is 46.7 Å². The lowest BCUT2D eigenvalue weighted by molar-refractivity contribution is 0.333. The number of rotatable bonds is 6. The standard InChI is InChI=1S/C14H24N2S/c1-3-13(15-9-5-6-10-15)17-14(4-2)16-11-7-8-12-16/h3-4,13-14H,1-2,5-12H2. The molecule has 2 unspecified atom stereocenters. The summed E-state index contributed by atoms with van der Waals surface area (Å²) < 4.78 is 0. The molecule has 0 amide bonds. The van der Waals surface area contributed by atoms with Crippen LogP contribution in [0.1, 0.15) is 25.7 Å². The van der Waals surface area contributed by atoms with Crippen LogP contribution in [0, 0.1) is 0 Å². The van der Waals surface area contributed by atoms with E-state index in [0.717, 1.165) is 0 Å². The summed E-state index contributed by atoms with van der Waals surface area (Å²) in [5, 5.41) is 0.919. The predicted octanol–water partition coefficient (Wildman–Crippen LogP) is 2.94. The van der Waals surface area contributed by atoms with Gasteiger partial charge in [-0.3, -0.25) is 9.80 Å². The summed E-state index contributed by atoms with van der Waals surface area (Å²) in [6, 6.07) is 0. The fourth-order valence-corrected chi connectivity index (χ4v) is 3.99. The Labute approximate surface area is 110 Å². The highest BCUT2D eigenvalue weighted by Crippen LogP contribution is 2.29. The Kier molecular flexibility index (Phi) is 5.14. The minimum absolute atomic E-state index is 0.459. The number of thioether (sulfide) groups is 1. The van der Waals surface area contributed by atoms with Gasteiger partial charge in [-0.2, -0.15) is 0 Å². The molecule has 2 saturated heterocycles. The maximum Gasteiger partial charge on any atom is 0.0760 e. The van der Waals surface area contributed by atoms with Crippen molar-refractivity contribution in [1.82, 2.24) is 9.80 Å². The summed E-state index contributed by atoms with van der Waals surface area (Å²) in [4.78, 5) is 5.09. The summed E-state index contributed by atoms with van der Waals surface area (Å²) >= 11 is 2.00. The molecule has 0 aromatic heterocycles. The van der Waals surface area contributed by atoms with Gasteiger partial charge < -0.3 is 0 Å². The Balaban J connectivity index is 1.90. The molecule has 0 N–H and O–H groups in total. The highest BCUT2D eigenvalue weighted by atomic mass is 32.2. The van der Waals surface area contributed by atoms with E-state index in [1.54, 1.807) is 0 Å². The van der Waals surface area contributed by atoms with E-state index in [-0.39, 0.29) is 0 Å². The summed E-state index contributed by atoms with van der Waals surface area (Å²) in [5.74, 6) is 0. The highest BCUT2D eigenvalue weighted by Gasteiger charge is 2.26. The first-order valence-corrected chi connectivity index (χ1v) is 7.68. The van der Waals surface area contributed by atoms with Gasteiger partial charge in [0, 0.05) is 0 Å². The molecular weight excluding hydrogens is 228 g/mol. The molecule has 0 aliphatic carbocycles. The largest absolute Gasteiger partial charge is 0.288 e. The van der Waals surface area contributed by atoms with Crippen molar-refractivity contribution in [3.05, 3.63) is 25.3 Å². The molecule has 2 nitrogen and oxygen atoms in total. The molecule has 0 radical (unpaired) electrons. The van der Waals surface area contributed by atoms with Crippen LogP contribution in [0.4, 0.5) is 0 Å². The molecule has 3 heteroatoms. The van der Waals surface area contributed by atoms with Gasteiger partial charge in [0.25, 0.3) is 0 Å². The third-order valence-electron chi connectivity index (χ3n) is 3.68. The molecule has 2 heterocycles. The van der Waals surface area contributed by atoms with Crippen molar-refractivity contribution in [1.29, 1.82) is 0 Å². The van der Waals surface area contributed by atoms with Gasteiger partial charge in [-0.25, -0.2) is 0 Å². The van der Waals surface area contributed by atoms with Gasteiger partial charge >= 0.3 is 0 Å². The number of hydrogen-bond donors (Lipinski definition) is 0. The van der Waals surface area contributed by atoms with E-state index in [0.29, 0.717) is 10.7 Å². The molecule has 96 valence electrons. The van der Waals surface area contributed by atoms with Crippen LogP contribution in [-0.2, 0) is 0 Å². The molecule has 2 atom stereocenters. The zero-order valence-corrected chi connectivity index (χ0v) is 11.5. The molecule has 17 heavy (non-hydrogen) atoms. The van der Waals surface area contributed by atoms with Crippen LogP contribution in [0.25, 0.3) is 0 Å². The first-order valence-electron chi connectivity index (χ1n) is 6.74. The molecule has 2 rings (SSSR count). The molecule has 0 spiro atoms. The van der Waals surface area contributed by atoms with Crippen molar-refractivity contribution >= 4 is 11.8 Å². The first kappa shape index (κ1) is 13.2. The fourth-order valence-electron chi connectivity index (χ4n) is 2.72. The van der Waals surface area contributed by atoms with Crippen molar-refractivity contribution in [2.24, 2.45) is 0 Å². The minimum Gasteiger partial charge on any atom is -0.288 e. The first-order chi connectivity index (χ1) is 8.35. The van der Waals surface area contributed by atoms with Gasteiger partial charge in [0.15, 0.2) is 0 Å². The van der Waals surface area contributed by atoms with Crippen molar-refractivity contribution in [2.75, 3.05) is 26.2 Å². The summed E-state index contributed by atoms with van der Waals surface area (Å²) in [7, 11) is 0. The van der Waals surface area contributed by atoms with E-state index in [1.165, 1.54) is 51.9 Å². The van der Waals surface area contributed by atoms with E-state index >= 15 is 0 Å². The fraction of sp³-hybridized carbons (Fsp3) is 0.714. The van der Waals surface area contributed by atoms with Crippen molar-refractivity contribution in [3.63, 3.8) is 0 Å². The SMILES string of the molecule is C=CC(SC(C=C)N1CCCC1)N1CCCC1. The molecule has 2 aliphatic heterocycles. The van der Waals surface area contributed by atoms with Crippen molar-refractivity contribution in [3.8, 4) is 0 Å². The van der Waals surface area contributed by atoms with E-state index in [2.05, 4.69) is 35.1 Å². The van der Waals surface area contributed by atoms with E-state index in [9.17, 15) is 0 Å². The summed E-state index contributed by atoms with van der Waals surface area (Å²) in [6.45, 7) is 12.9. The smallest absolute Gasteiger partial charge is 0.0760 e. The Bertz CT molecular complexity index is 229. The number of likely N-dealkylation sites (tertiary alicyclic amines) is 2. The van der Waals surface area contributed by atoms with Crippen LogP contribution in [0.15, 0.2) is 25.3 Å². The van der Waals surface area contributed by atoms with Gasteiger partial charge in [0.1, 0.15) is 0 Å². The molecular formula is C14H24N2S. The number of nitrogens with zero attached hydrogens (tertiary/aromatic N) is 2. The third-order valence-corrected chi connectivity index (χ3v) is 5.22. The average molecular weight is 252 g/mol. The van der Waals surface area contributed by atoms with Crippen LogP contribution in [0.2, 0.25) is 0 Å². The minimum atomic E-state index is 0.459. The Hall–Kier alpha value is -0.250. The quantitative estimate of drug-likeness (QED) is 0.671. The summed E-state index contributed by atoms with van der Waals surface area (Å²) in [6.07, 6.45) is 9.56. The van der Waals surface area contributed by atoms with Crippen molar-refractivity contribution < 1.29 is 0 Å². The van der Waals surface area contributed by atoms with Crippen LogP contribution < -0.4 is 0 Å². The Morgan fingerprint density at radius 3 is 1.41 bits per heavy atom. The zero-order chi connectivity index (χ0) is 12.1. The lowest BCUT2D eigenvalue weighted by Crippen LogP contribution is -2.35. The number of hydrogen-bond acceptors (Lipinski definition) is 3. The van der Waals surface area contributed by atoms with E-state index in [1.807, 2.05) is 11.8 Å². The monoisotopic (exact) mass is 252 g/mol. The van der Waals surface area contributed by atoms with Crippen LogP contribution in [0.5, 0.6) is 0 Å². The Morgan fingerprint density at radius 1 is 0.765 bits per heavy atom. The molecule has 2 aliphatic rings. The lowest BCUT2D eigenvalue weighted by atomic mass is 10.4. The van der Waals surface area contributed by atoms with Gasteiger partial charge in [0.2, 0.25) is 0 Å². The highest BCUT2D eigenvalue weighted by molar-refractivity contribution is 8.00. The molecule has 0 aromatic rings. The lowest BCUT2D eigenvalue weighted by Gasteiger charge is -2.31. The van der Waals surface area contributed by atoms with E-state index in [4.69, 9.17) is 0 Å². The normalized spacial score (nSPS) is 25.9. The van der Waals surface area contributed by atoms with Crippen molar-refractivity contribution in [2.45, 2.75) is 36.4 Å². The maximum absolute atomic E-state index is 4.00. The second-order valence-electron chi connectivity index (χ2n) is 4.87. The predicted molar refractivity (Wildman–Crippen MR) is 77.2 cm³/mol. The van der Waals surface area contributed by atoms with E-state index < -0.39 is 0 Å². The maximum atomic E-state index is 4.00. The van der Waals surface area contributed by atoms with Crippen LogP contribution in [0.3, 0.4) is 0 Å². The molecule has 0 bridgehead atoms. The zero-order valence-electron chi connectivity index (χ0n) is 10.7. The van der Waals surface area contributed by atoms with Crippen LogP contribution >= 0.6 is 11.8 Å². The van der Waals surface area contributed by atoms with Gasteiger partial charge in [-0.1, -0.05) is 12.2 Å². The second kappa shape index (κ2) is 6.62. The topological polar surface area (TPSA) is 6.48 Å². The molecule has 0 saturated carbocycles. The van der Waals surface area contributed by atoms with Gasteiger partial charge in [-0.15, -0.1) is 24.9 Å². The summed E-state index contributed by atoms with van der Waals surface area (Å²) in [5.41, 5.74) is 0. The average Bonchev–Trinajstić information content (AvgIpc) is 3.03.